The molecule has 0 amide bonds. The van der Waals surface area contributed by atoms with Gasteiger partial charge in [0.15, 0.2) is 15.7 Å². The van der Waals surface area contributed by atoms with Crippen molar-refractivity contribution in [2.75, 3.05) is 11.5 Å². The smallest absolute Gasteiger partial charge is 0.229 e. The first-order valence-electron chi connectivity index (χ1n) is 6.38. The number of aromatic nitrogens is 2. The van der Waals surface area contributed by atoms with E-state index >= 15 is 0 Å². The zero-order valence-corrected chi connectivity index (χ0v) is 12.3. The Morgan fingerprint density at radius 3 is 2.68 bits per heavy atom. The monoisotopic (exact) mass is 288 g/mol. The van der Waals surface area contributed by atoms with Crippen molar-refractivity contribution < 1.29 is 18.0 Å². The van der Waals surface area contributed by atoms with Crippen molar-refractivity contribution in [3.63, 3.8) is 0 Å². The fraction of sp³-hybridized carbons (Fsp3) is 0.833. The Morgan fingerprint density at radius 1 is 1.47 bits per heavy atom. The minimum absolute atomic E-state index is 0.0911. The highest BCUT2D eigenvalue weighted by Gasteiger charge is 2.33. The lowest BCUT2D eigenvalue weighted by Gasteiger charge is -2.24. The normalized spacial score (nSPS) is 24.5. The Bertz CT molecular complexity index is 544. The summed E-state index contributed by atoms with van der Waals surface area (Å²) in [7, 11) is -2.95. The Hall–Kier alpha value is -0.950. The summed E-state index contributed by atoms with van der Waals surface area (Å²) in [5.74, 6) is 0.910. The summed E-state index contributed by atoms with van der Waals surface area (Å²) in [5, 5.41) is 13.8. The van der Waals surface area contributed by atoms with Crippen molar-refractivity contribution >= 4 is 9.84 Å². The Labute approximate surface area is 113 Å². The predicted molar refractivity (Wildman–Crippen MR) is 69.5 cm³/mol. The number of hydrogen-bond donors (Lipinski definition) is 1. The first-order valence-corrected chi connectivity index (χ1v) is 8.20. The zero-order chi connectivity index (χ0) is 14.3. The molecule has 0 aliphatic carbocycles. The third kappa shape index (κ3) is 3.54. The molecule has 108 valence electrons. The fourth-order valence-electron chi connectivity index (χ4n) is 1.99. The van der Waals surface area contributed by atoms with Crippen LogP contribution < -0.4 is 0 Å². The van der Waals surface area contributed by atoms with E-state index in [9.17, 15) is 13.5 Å². The highest BCUT2D eigenvalue weighted by atomic mass is 32.2. The van der Waals surface area contributed by atoms with Crippen LogP contribution in [0.25, 0.3) is 0 Å². The van der Waals surface area contributed by atoms with Crippen LogP contribution in [0.3, 0.4) is 0 Å². The van der Waals surface area contributed by atoms with Crippen molar-refractivity contribution in [1.29, 1.82) is 0 Å². The molecular weight excluding hydrogens is 268 g/mol. The van der Waals surface area contributed by atoms with Gasteiger partial charge in [0.2, 0.25) is 5.89 Å². The Balaban J connectivity index is 2.04. The second-order valence-electron chi connectivity index (χ2n) is 6.23. The largest absolute Gasteiger partial charge is 0.392 e. The molecule has 2 unspecified atom stereocenters. The second-order valence-corrected chi connectivity index (χ2v) is 8.46. The van der Waals surface area contributed by atoms with Gasteiger partial charge in [0.25, 0.3) is 0 Å². The molecule has 0 radical (unpaired) electrons. The van der Waals surface area contributed by atoms with E-state index in [1.807, 2.05) is 20.8 Å². The lowest BCUT2D eigenvalue weighted by molar-refractivity contribution is 0.0565. The second kappa shape index (κ2) is 4.86. The van der Waals surface area contributed by atoms with Gasteiger partial charge < -0.3 is 9.63 Å². The van der Waals surface area contributed by atoms with Crippen LogP contribution in [0.5, 0.6) is 0 Å². The first-order chi connectivity index (χ1) is 8.67. The van der Waals surface area contributed by atoms with E-state index in [1.54, 1.807) is 0 Å². The van der Waals surface area contributed by atoms with Crippen molar-refractivity contribution in [2.45, 2.75) is 45.6 Å². The van der Waals surface area contributed by atoms with Crippen molar-refractivity contribution in [1.82, 2.24) is 10.1 Å². The molecule has 1 saturated heterocycles. The number of rotatable bonds is 3. The first kappa shape index (κ1) is 14.5. The summed E-state index contributed by atoms with van der Waals surface area (Å²) in [6.45, 7) is 5.79. The number of nitrogens with zero attached hydrogens (tertiary/aromatic N) is 2. The number of hydrogen-bond acceptors (Lipinski definition) is 6. The average Bonchev–Trinajstić information content (AvgIpc) is 2.83. The van der Waals surface area contributed by atoms with Gasteiger partial charge in [0, 0.05) is 5.92 Å². The van der Waals surface area contributed by atoms with Gasteiger partial charge in [-0.3, -0.25) is 0 Å². The molecule has 1 N–H and O–H groups in total. The molecule has 2 atom stereocenters. The summed E-state index contributed by atoms with van der Waals surface area (Å²) in [6.07, 6.45) is 0.257. The van der Waals surface area contributed by atoms with E-state index < -0.39 is 15.9 Å². The molecule has 2 heterocycles. The molecule has 7 heteroatoms. The maximum atomic E-state index is 11.4. The van der Waals surface area contributed by atoms with Crippen LogP contribution in [0.15, 0.2) is 4.52 Å². The minimum Gasteiger partial charge on any atom is -0.392 e. The van der Waals surface area contributed by atoms with Crippen molar-refractivity contribution in [2.24, 2.45) is 5.41 Å². The van der Waals surface area contributed by atoms with Crippen molar-refractivity contribution in [3.05, 3.63) is 11.7 Å². The minimum atomic E-state index is -2.95. The maximum Gasteiger partial charge on any atom is 0.229 e. The van der Waals surface area contributed by atoms with Crippen LogP contribution in [0.2, 0.25) is 0 Å². The lowest BCUT2D eigenvalue weighted by Crippen LogP contribution is -2.28. The van der Waals surface area contributed by atoms with Crippen LogP contribution >= 0.6 is 0 Å². The molecule has 0 aromatic carbocycles. The van der Waals surface area contributed by atoms with Gasteiger partial charge in [0.1, 0.15) is 0 Å². The summed E-state index contributed by atoms with van der Waals surface area (Å²) >= 11 is 0. The highest BCUT2D eigenvalue weighted by molar-refractivity contribution is 7.91. The fourth-order valence-corrected chi connectivity index (χ4v) is 3.73. The van der Waals surface area contributed by atoms with Gasteiger partial charge in [-0.15, -0.1) is 0 Å². The molecule has 19 heavy (non-hydrogen) atoms. The molecule has 1 aromatic heterocycles. The molecule has 6 nitrogen and oxygen atoms in total. The summed E-state index contributed by atoms with van der Waals surface area (Å²) in [6, 6.07) is 0. The molecule has 0 saturated carbocycles. The third-order valence-corrected chi connectivity index (χ3v) is 5.22. The number of sulfone groups is 1. The van der Waals surface area contributed by atoms with E-state index in [2.05, 4.69) is 10.1 Å². The van der Waals surface area contributed by atoms with Crippen molar-refractivity contribution in [3.8, 4) is 0 Å². The molecule has 1 aliphatic rings. The van der Waals surface area contributed by atoms with E-state index in [0.29, 0.717) is 18.1 Å². The van der Waals surface area contributed by atoms with Crippen LogP contribution in [0.1, 0.15) is 44.8 Å². The topological polar surface area (TPSA) is 93.3 Å². The lowest BCUT2D eigenvalue weighted by atomic mass is 9.87. The van der Waals surface area contributed by atoms with Crippen LogP contribution in [0.4, 0.5) is 0 Å². The quantitative estimate of drug-likeness (QED) is 0.889. The standard InChI is InChI=1S/C12H20N2O4S/c1-12(2,3)9(15)6-10-13-11(14-18-10)8-4-5-19(16,17)7-8/h8-9,15H,4-7H2,1-3H3. The maximum absolute atomic E-state index is 11.4. The third-order valence-electron chi connectivity index (χ3n) is 3.45. The van der Waals surface area contributed by atoms with Gasteiger partial charge in [-0.1, -0.05) is 25.9 Å². The van der Waals surface area contributed by atoms with E-state index in [4.69, 9.17) is 4.52 Å². The molecule has 1 fully saturated rings. The number of aliphatic hydroxyl groups is 1. The predicted octanol–water partition coefficient (Wildman–Crippen LogP) is 0.921. The summed E-state index contributed by atoms with van der Waals surface area (Å²) < 4.78 is 27.9. The summed E-state index contributed by atoms with van der Waals surface area (Å²) in [4.78, 5) is 4.21. The molecule has 2 rings (SSSR count). The van der Waals surface area contributed by atoms with Gasteiger partial charge in [-0.05, 0) is 11.8 Å². The van der Waals surface area contributed by atoms with Gasteiger partial charge >= 0.3 is 0 Å². The van der Waals surface area contributed by atoms with Gasteiger partial charge in [-0.2, -0.15) is 4.98 Å². The molecular formula is C12H20N2O4S. The molecule has 0 spiro atoms. The molecule has 1 aliphatic heterocycles. The SMILES string of the molecule is CC(C)(C)C(O)Cc1nc(C2CCS(=O)(=O)C2)no1. The van der Waals surface area contributed by atoms with Crippen LogP contribution in [-0.2, 0) is 16.3 Å². The van der Waals surface area contributed by atoms with Gasteiger partial charge in [0.05, 0.1) is 24.0 Å². The van der Waals surface area contributed by atoms with Crippen LogP contribution in [0, 0.1) is 5.41 Å². The van der Waals surface area contributed by atoms with E-state index in [-0.39, 0.29) is 29.3 Å². The zero-order valence-electron chi connectivity index (χ0n) is 11.5. The Morgan fingerprint density at radius 2 is 2.16 bits per heavy atom. The Kier molecular flexibility index (Phi) is 3.70. The average molecular weight is 288 g/mol. The number of aliphatic hydroxyl groups excluding tert-OH is 1. The molecule has 0 bridgehead atoms. The van der Waals surface area contributed by atoms with Gasteiger partial charge in [-0.25, -0.2) is 8.42 Å². The van der Waals surface area contributed by atoms with E-state index in [1.165, 1.54) is 0 Å². The molecule has 1 aromatic rings. The summed E-state index contributed by atoms with van der Waals surface area (Å²) in [5.41, 5.74) is -0.259. The highest BCUT2D eigenvalue weighted by Crippen LogP contribution is 2.27. The van der Waals surface area contributed by atoms with E-state index in [0.717, 1.165) is 0 Å². The van der Waals surface area contributed by atoms with Crippen LogP contribution in [-0.4, -0.2) is 41.3 Å².